The number of nitrogens with zero attached hydrogens (tertiary/aromatic N) is 3. The Hall–Kier alpha value is -1.85. The summed E-state index contributed by atoms with van der Waals surface area (Å²) in [6.45, 7) is 5.72. The zero-order valence-corrected chi connectivity index (χ0v) is 17.7. The van der Waals surface area contributed by atoms with Crippen LogP contribution in [0.4, 0.5) is 0 Å². The van der Waals surface area contributed by atoms with Gasteiger partial charge in [0.1, 0.15) is 0 Å². The Balaban J connectivity index is 0.00000225. The molecule has 1 aromatic carbocycles. The van der Waals surface area contributed by atoms with Crippen LogP contribution >= 0.6 is 12.4 Å². The average Bonchev–Trinajstić information content (AvgIpc) is 3.30. The van der Waals surface area contributed by atoms with Gasteiger partial charge in [0.25, 0.3) is 5.91 Å². The SMILES string of the molecule is CCc1ccc(-n2nc(C(=O)N3CCC(C)CC3CN)c3c2CCC3)cc1.Cl. The van der Waals surface area contributed by atoms with Gasteiger partial charge in [0, 0.05) is 30.4 Å². The molecule has 2 N–H and O–H groups in total. The summed E-state index contributed by atoms with van der Waals surface area (Å²) in [6, 6.07) is 8.66. The summed E-state index contributed by atoms with van der Waals surface area (Å²) >= 11 is 0. The number of benzene rings is 1. The summed E-state index contributed by atoms with van der Waals surface area (Å²) in [6.07, 6.45) is 6.09. The lowest BCUT2D eigenvalue weighted by molar-refractivity contribution is 0.0566. The van der Waals surface area contributed by atoms with E-state index >= 15 is 0 Å². The van der Waals surface area contributed by atoms with Crippen LogP contribution in [0.25, 0.3) is 5.69 Å². The summed E-state index contributed by atoms with van der Waals surface area (Å²) in [5.41, 5.74) is 11.4. The molecule has 4 rings (SSSR count). The van der Waals surface area contributed by atoms with Crippen LogP contribution in [0.3, 0.4) is 0 Å². The Morgan fingerprint density at radius 1 is 1.25 bits per heavy atom. The van der Waals surface area contributed by atoms with Crippen molar-refractivity contribution in [3.8, 4) is 5.69 Å². The zero-order chi connectivity index (χ0) is 19.0. The van der Waals surface area contributed by atoms with Crippen LogP contribution in [-0.2, 0) is 19.3 Å². The molecule has 2 aromatic rings. The fourth-order valence-corrected chi connectivity index (χ4v) is 4.57. The molecule has 2 unspecified atom stereocenters. The van der Waals surface area contributed by atoms with E-state index in [0.29, 0.717) is 18.2 Å². The summed E-state index contributed by atoms with van der Waals surface area (Å²) in [5.74, 6) is 0.697. The Morgan fingerprint density at radius 3 is 2.68 bits per heavy atom. The molecule has 1 aliphatic heterocycles. The lowest BCUT2D eigenvalue weighted by Gasteiger charge is -2.37. The van der Waals surface area contributed by atoms with E-state index in [1.165, 1.54) is 11.3 Å². The first kappa shape index (κ1) is 20.9. The summed E-state index contributed by atoms with van der Waals surface area (Å²) in [5, 5.41) is 4.81. The van der Waals surface area contributed by atoms with Crippen molar-refractivity contribution >= 4 is 18.3 Å². The number of halogens is 1. The van der Waals surface area contributed by atoms with E-state index in [1.54, 1.807) is 0 Å². The molecule has 1 fully saturated rings. The fraction of sp³-hybridized carbons (Fsp3) is 0.545. The van der Waals surface area contributed by atoms with Gasteiger partial charge in [0.05, 0.1) is 5.69 Å². The maximum Gasteiger partial charge on any atom is 0.274 e. The molecule has 1 amide bonds. The Morgan fingerprint density at radius 2 is 2.00 bits per heavy atom. The van der Waals surface area contributed by atoms with Gasteiger partial charge in [-0.25, -0.2) is 4.68 Å². The van der Waals surface area contributed by atoms with Crippen molar-refractivity contribution in [3.63, 3.8) is 0 Å². The van der Waals surface area contributed by atoms with Gasteiger partial charge in [-0.05, 0) is 62.1 Å². The number of nitrogens with two attached hydrogens (primary N) is 1. The third kappa shape index (κ3) is 3.70. The summed E-state index contributed by atoms with van der Waals surface area (Å²) in [7, 11) is 0. The molecular weight excluding hydrogens is 372 g/mol. The molecule has 6 heteroatoms. The molecule has 1 saturated heterocycles. The zero-order valence-electron chi connectivity index (χ0n) is 16.9. The van der Waals surface area contributed by atoms with Crippen LogP contribution in [-0.4, -0.2) is 39.7 Å². The van der Waals surface area contributed by atoms with Crippen molar-refractivity contribution in [2.45, 2.75) is 58.4 Å². The van der Waals surface area contributed by atoms with Crippen LogP contribution < -0.4 is 5.73 Å². The number of likely N-dealkylation sites (tertiary alicyclic amines) is 1. The lowest BCUT2D eigenvalue weighted by atomic mass is 9.92. The number of carbonyl (C=O) groups excluding carboxylic acids is 1. The molecule has 2 aliphatic rings. The standard InChI is InChI=1S/C22H30N4O.ClH/c1-3-16-7-9-17(10-8-16)26-20-6-4-5-19(20)21(24-26)22(27)25-12-11-15(2)13-18(25)14-23;/h7-10,15,18H,3-6,11-14,23H2,1-2H3;1H. The molecule has 5 nitrogen and oxygen atoms in total. The van der Waals surface area contributed by atoms with Crippen molar-refractivity contribution in [3.05, 3.63) is 46.8 Å². The first-order valence-corrected chi connectivity index (χ1v) is 10.3. The number of hydrogen-bond acceptors (Lipinski definition) is 3. The fourth-order valence-electron chi connectivity index (χ4n) is 4.57. The third-order valence-electron chi connectivity index (χ3n) is 6.23. The first-order valence-electron chi connectivity index (χ1n) is 10.3. The smallest absolute Gasteiger partial charge is 0.274 e. The highest BCUT2D eigenvalue weighted by Gasteiger charge is 2.34. The van der Waals surface area contributed by atoms with E-state index < -0.39 is 0 Å². The topological polar surface area (TPSA) is 64.2 Å². The maximum atomic E-state index is 13.4. The van der Waals surface area contributed by atoms with E-state index in [0.717, 1.165) is 56.3 Å². The molecule has 0 radical (unpaired) electrons. The number of carbonyl (C=O) groups is 1. The number of amides is 1. The molecule has 0 saturated carbocycles. The Bertz CT molecular complexity index is 830. The minimum Gasteiger partial charge on any atom is -0.333 e. The van der Waals surface area contributed by atoms with Gasteiger partial charge in [-0.2, -0.15) is 5.10 Å². The molecule has 28 heavy (non-hydrogen) atoms. The van der Waals surface area contributed by atoms with Gasteiger partial charge in [-0.15, -0.1) is 12.4 Å². The quantitative estimate of drug-likeness (QED) is 0.850. The number of aromatic nitrogens is 2. The molecule has 2 atom stereocenters. The number of piperidine rings is 1. The van der Waals surface area contributed by atoms with Crippen molar-refractivity contribution < 1.29 is 4.79 Å². The molecular formula is C22H31ClN4O. The van der Waals surface area contributed by atoms with E-state index in [2.05, 4.69) is 38.1 Å². The van der Waals surface area contributed by atoms with E-state index in [-0.39, 0.29) is 24.4 Å². The minimum atomic E-state index is 0. The highest BCUT2D eigenvalue weighted by molar-refractivity contribution is 5.94. The molecule has 0 bridgehead atoms. The molecule has 1 aromatic heterocycles. The van der Waals surface area contributed by atoms with Gasteiger partial charge >= 0.3 is 0 Å². The second-order valence-electron chi connectivity index (χ2n) is 8.08. The first-order chi connectivity index (χ1) is 13.1. The molecule has 152 valence electrons. The second-order valence-corrected chi connectivity index (χ2v) is 8.08. The average molecular weight is 403 g/mol. The largest absolute Gasteiger partial charge is 0.333 e. The highest BCUT2D eigenvalue weighted by atomic mass is 35.5. The van der Waals surface area contributed by atoms with Crippen molar-refractivity contribution in [2.75, 3.05) is 13.1 Å². The minimum absolute atomic E-state index is 0. The van der Waals surface area contributed by atoms with Gasteiger partial charge < -0.3 is 10.6 Å². The van der Waals surface area contributed by atoms with Crippen LogP contribution in [0.2, 0.25) is 0 Å². The predicted octanol–water partition coefficient (Wildman–Crippen LogP) is 3.54. The summed E-state index contributed by atoms with van der Waals surface area (Å²) in [4.78, 5) is 15.4. The Kier molecular flexibility index (Phi) is 6.46. The number of hydrogen-bond donors (Lipinski definition) is 1. The van der Waals surface area contributed by atoms with Gasteiger partial charge in [-0.1, -0.05) is 26.0 Å². The van der Waals surface area contributed by atoms with E-state index in [1.807, 2.05) is 9.58 Å². The van der Waals surface area contributed by atoms with Crippen molar-refractivity contribution in [2.24, 2.45) is 11.7 Å². The van der Waals surface area contributed by atoms with Crippen LogP contribution in [0.1, 0.15) is 60.4 Å². The number of aryl methyl sites for hydroxylation is 1. The summed E-state index contributed by atoms with van der Waals surface area (Å²) < 4.78 is 2.00. The van der Waals surface area contributed by atoms with Gasteiger partial charge in [0.2, 0.25) is 0 Å². The molecule has 0 spiro atoms. The van der Waals surface area contributed by atoms with Crippen LogP contribution in [0, 0.1) is 5.92 Å². The molecule has 2 heterocycles. The highest BCUT2D eigenvalue weighted by Crippen LogP contribution is 2.30. The van der Waals surface area contributed by atoms with Crippen LogP contribution in [0.15, 0.2) is 24.3 Å². The normalized spacial score (nSPS) is 21.3. The van der Waals surface area contributed by atoms with Crippen LogP contribution in [0.5, 0.6) is 0 Å². The van der Waals surface area contributed by atoms with Crippen molar-refractivity contribution in [1.82, 2.24) is 14.7 Å². The van der Waals surface area contributed by atoms with Gasteiger partial charge in [-0.3, -0.25) is 4.79 Å². The monoisotopic (exact) mass is 402 g/mol. The third-order valence-corrected chi connectivity index (χ3v) is 6.23. The van der Waals surface area contributed by atoms with E-state index in [4.69, 9.17) is 10.8 Å². The van der Waals surface area contributed by atoms with Gasteiger partial charge in [0.15, 0.2) is 5.69 Å². The Labute approximate surface area is 173 Å². The lowest BCUT2D eigenvalue weighted by Crippen LogP contribution is -2.49. The molecule has 1 aliphatic carbocycles. The number of fused-ring (bicyclic) bond motifs is 1. The van der Waals surface area contributed by atoms with Crippen molar-refractivity contribution in [1.29, 1.82) is 0 Å². The maximum absolute atomic E-state index is 13.4. The van der Waals surface area contributed by atoms with E-state index in [9.17, 15) is 4.79 Å². The second kappa shape index (κ2) is 8.66. The predicted molar refractivity (Wildman–Crippen MR) is 114 cm³/mol. The number of rotatable bonds is 4.